The van der Waals surface area contributed by atoms with Crippen LogP contribution in [0.2, 0.25) is 0 Å². The van der Waals surface area contributed by atoms with Crippen LogP contribution in [0, 0.1) is 29.5 Å². The molecule has 0 bridgehead atoms. The zero-order chi connectivity index (χ0) is 88.8. The third kappa shape index (κ3) is 28.1. The first-order valence-corrected chi connectivity index (χ1v) is 44.1. The lowest BCUT2D eigenvalue weighted by atomic mass is 9.84. The van der Waals surface area contributed by atoms with E-state index in [1.54, 1.807) is 12.3 Å². The Morgan fingerprint density at radius 3 is 1.36 bits per heavy atom. The molecular weight excluding hydrogens is 1590 g/mol. The van der Waals surface area contributed by atoms with Crippen molar-refractivity contribution in [2.75, 3.05) is 45.8 Å². The van der Waals surface area contributed by atoms with Crippen LogP contribution in [0.25, 0.3) is 21.8 Å². The van der Waals surface area contributed by atoms with Gasteiger partial charge in [0.15, 0.2) is 23.5 Å². The number of fused-ring (bicyclic) bond motifs is 4. The van der Waals surface area contributed by atoms with Crippen molar-refractivity contribution in [3.63, 3.8) is 0 Å². The van der Waals surface area contributed by atoms with E-state index in [9.17, 15) is 71.5 Å². The number of hydrogen-bond donors (Lipinski definition) is 16. The van der Waals surface area contributed by atoms with Crippen molar-refractivity contribution in [1.82, 2.24) is 72.9 Å². The lowest BCUT2D eigenvalue weighted by molar-refractivity contribution is -0.142. The number of halogens is 1. The van der Waals surface area contributed by atoms with Crippen LogP contribution >= 0.6 is 0 Å². The van der Waals surface area contributed by atoms with Crippen molar-refractivity contribution in [3.05, 3.63) is 108 Å². The van der Waals surface area contributed by atoms with Crippen molar-refractivity contribution in [2.24, 2.45) is 56.6 Å². The highest BCUT2D eigenvalue weighted by Gasteiger charge is 2.44. The van der Waals surface area contributed by atoms with E-state index in [0.717, 1.165) is 97.1 Å². The molecule has 20 N–H and O–H groups in total. The molecule has 11 rings (SSSR count). The Labute approximate surface area is 721 Å². The van der Waals surface area contributed by atoms with Gasteiger partial charge in [0.2, 0.25) is 70.9 Å². The van der Waals surface area contributed by atoms with Crippen LogP contribution in [0.1, 0.15) is 197 Å². The summed E-state index contributed by atoms with van der Waals surface area (Å²) in [7, 11) is 0. The third-order valence-corrected chi connectivity index (χ3v) is 24.5. The minimum atomic E-state index is -1.24. The average molecular weight is 1720 g/mol. The molecule has 35 heteroatoms. The highest BCUT2D eigenvalue weighted by atomic mass is 19.1. The number of nitrogens with zero attached hydrogens (tertiary/aromatic N) is 4. The topological polar surface area (TPSA) is 526 Å². The SMILES string of the molecule is CC(=O)NCC(=O)N[C@H]1CCCNC(=O)[C@H](CCCN=C(N)N)CC(=O)[C@H](Cc2c[nH]c3ccccc23)NC(=O)[C@@H](CC2CCCCC2)NC(=O)[C@@H]2CCCN2C1=O.CC(=O)N[C@@H](Cc1ccccc1F)C(=O)N[C@H]1CCCNC(=O)[C@H](CCCN=C(N)N)CC(=O)[C@H](Cc2c[nH]c3ccccc23)NC(=O)[C@@H](CC2CCCCC2)NC(=O)[C@@H]2CCCN2C1=O. The lowest BCUT2D eigenvalue weighted by Gasteiger charge is -2.32. The third-order valence-electron chi connectivity index (χ3n) is 24.5. The van der Waals surface area contributed by atoms with Crippen LogP contribution in [-0.4, -0.2) is 214 Å². The second kappa shape index (κ2) is 47.2. The number of benzene rings is 3. The second-order valence-electron chi connectivity index (χ2n) is 33.9. The van der Waals surface area contributed by atoms with Gasteiger partial charge in [-0.15, -0.1) is 0 Å². The Morgan fingerprint density at radius 2 is 0.919 bits per heavy atom. The quantitative estimate of drug-likeness (QED) is 0.0239. The number of aliphatic imine (C=N–C) groups is 2. The number of aromatic amines is 2. The Balaban J connectivity index is 0.000000262. The molecule has 5 aromatic rings. The monoisotopic (exact) mass is 1720 g/mol. The van der Waals surface area contributed by atoms with Gasteiger partial charge in [-0.25, -0.2) is 4.39 Å². The molecule has 0 radical (unpaired) electrons. The fourth-order valence-corrected chi connectivity index (χ4v) is 18.0. The maximum Gasteiger partial charge on any atom is 0.245 e. The normalized spacial score (nSPS) is 23.9. The first-order valence-electron chi connectivity index (χ1n) is 44.1. The molecule has 124 heavy (non-hydrogen) atoms. The van der Waals surface area contributed by atoms with Gasteiger partial charge in [0.05, 0.1) is 18.6 Å². The molecule has 4 saturated heterocycles. The number of aromatic nitrogens is 2. The summed E-state index contributed by atoms with van der Waals surface area (Å²) in [6, 6.07) is 11.7. The minimum Gasteiger partial charge on any atom is -0.370 e. The molecule has 3 aromatic carbocycles. The molecule has 34 nitrogen and oxygen atoms in total. The number of ketones is 2. The first kappa shape index (κ1) is 94.4. The summed E-state index contributed by atoms with van der Waals surface area (Å²) in [6.45, 7) is 3.29. The van der Waals surface area contributed by atoms with Gasteiger partial charge in [0, 0.05) is 131 Å². The van der Waals surface area contributed by atoms with Crippen LogP contribution in [-0.2, 0) is 86.4 Å². The fourth-order valence-electron chi connectivity index (χ4n) is 18.0. The maximum atomic E-state index is 14.8. The van der Waals surface area contributed by atoms with Crippen molar-refractivity contribution in [1.29, 1.82) is 0 Å². The zero-order valence-electron chi connectivity index (χ0n) is 71.2. The summed E-state index contributed by atoms with van der Waals surface area (Å²) in [5.41, 5.74) is 25.7. The molecule has 6 fully saturated rings. The lowest BCUT2D eigenvalue weighted by Crippen LogP contribution is -2.59. The number of H-pyrrole nitrogens is 2. The predicted molar refractivity (Wildman–Crippen MR) is 464 cm³/mol. The van der Waals surface area contributed by atoms with Crippen molar-refractivity contribution in [2.45, 2.75) is 254 Å². The number of carbonyl (C=O) groups is 14. The second-order valence-corrected chi connectivity index (χ2v) is 33.9. The Morgan fingerprint density at radius 1 is 0.484 bits per heavy atom. The summed E-state index contributed by atoms with van der Waals surface area (Å²) < 4.78 is 14.8. The first-order chi connectivity index (χ1) is 59.7. The number of carbonyl (C=O) groups excluding carboxylic acids is 14. The van der Waals surface area contributed by atoms with Crippen LogP contribution in [0.5, 0.6) is 0 Å². The summed E-state index contributed by atoms with van der Waals surface area (Å²) in [4.78, 5) is 211. The highest BCUT2D eigenvalue weighted by Crippen LogP contribution is 2.32. The molecule has 6 heterocycles. The van der Waals surface area contributed by atoms with Crippen molar-refractivity contribution in [3.8, 4) is 0 Å². The number of hydrogen-bond acceptors (Lipinski definition) is 16. The average Bonchev–Trinajstić information content (AvgIpc) is 1.38. The van der Waals surface area contributed by atoms with Gasteiger partial charge >= 0.3 is 0 Å². The summed E-state index contributed by atoms with van der Waals surface area (Å²) in [5.74, 6) is -8.89. The van der Waals surface area contributed by atoms with E-state index in [-0.39, 0.29) is 163 Å². The standard InChI is InChI=1S/C48H65FN10O7.C41H60N10O7/c1-29(60)55-40(25-31-14-5-7-17-35(31)49)45(64)56-37-19-10-21-52-43(62)32(15-9-22-53-48(50)51)27-42(61)38(26-33-28-54-36-18-8-6-16-34(33)36)57-44(63)39(24-30-12-3-2-4-13-30)58-46(65)41-20-11-23-59(41)47(37)66;1-25(52)46-24-36(54)48-31-15-8-17-44-37(55)27(12-7-18-45-41(42)43)22-35(53)32(21-28-23-47-30-14-6-5-13-29(28)30)49-38(56)33(20-26-10-3-2-4-11-26)50-39(57)34-16-9-19-51(34)40(31)58/h5-8,14,16-18,28,30,32,37-41,54H,2-4,9-13,15,19-27H2,1H3,(H,52,62)(H,55,60)(H,56,64)(H,57,63)(H,58,65)(H4,50,51,53);5-6,13-14,23,26-27,31-34,47H,2-4,7-12,15-22,24H2,1H3,(H,44,55)(H,46,52)(H,48,54)(H,49,56)(H,50,57)(H4,42,43,45)/t32-,37+,38+,39-,40+,41+;27-,31+,32+,33-,34+/m11/s1. The Kier molecular flexibility index (Phi) is 35.9. The van der Waals surface area contributed by atoms with Crippen LogP contribution in [0.15, 0.2) is 95.2 Å². The molecule has 2 aliphatic carbocycles. The minimum absolute atomic E-state index is 0.0235. The van der Waals surface area contributed by atoms with Crippen molar-refractivity contribution >= 4 is 116 Å². The van der Waals surface area contributed by atoms with Gasteiger partial charge in [0.25, 0.3) is 0 Å². The molecule has 2 aromatic heterocycles. The largest absolute Gasteiger partial charge is 0.370 e. The highest BCUT2D eigenvalue weighted by molar-refractivity contribution is 6.00. The molecule has 0 unspecified atom stereocenters. The van der Waals surface area contributed by atoms with E-state index in [1.165, 1.54) is 41.8 Å². The van der Waals surface area contributed by atoms with E-state index in [2.05, 4.69) is 73.1 Å². The van der Waals surface area contributed by atoms with Crippen LogP contribution in [0.4, 0.5) is 4.39 Å². The van der Waals surface area contributed by atoms with Gasteiger partial charge < -0.3 is 95.9 Å². The fraction of sp³-hybridized carbons (Fsp3) is 0.573. The molecule has 12 amide bonds. The van der Waals surface area contributed by atoms with E-state index < -0.39 is 137 Å². The number of nitrogens with two attached hydrogens (primary N) is 4. The van der Waals surface area contributed by atoms with E-state index >= 15 is 0 Å². The number of guanidine groups is 2. The predicted octanol–water partition coefficient (Wildman–Crippen LogP) is 3.35. The summed E-state index contributed by atoms with van der Waals surface area (Å²) >= 11 is 0. The van der Waals surface area contributed by atoms with Gasteiger partial charge in [-0.05, 0) is 137 Å². The van der Waals surface area contributed by atoms with Gasteiger partial charge in [-0.2, -0.15) is 0 Å². The van der Waals surface area contributed by atoms with Crippen LogP contribution < -0.4 is 76.1 Å². The van der Waals surface area contributed by atoms with Gasteiger partial charge in [0.1, 0.15) is 48.1 Å². The number of nitrogens with one attached hydrogen (secondary N) is 12. The Bertz CT molecular complexity index is 4620. The smallest absolute Gasteiger partial charge is 0.245 e. The number of amides is 12. The van der Waals surface area contributed by atoms with E-state index in [4.69, 9.17) is 22.9 Å². The van der Waals surface area contributed by atoms with E-state index in [0.29, 0.717) is 51.4 Å². The molecule has 6 aliphatic rings. The van der Waals surface area contributed by atoms with Gasteiger partial charge in [-0.1, -0.05) is 119 Å². The maximum absolute atomic E-state index is 14.8. The molecule has 2 saturated carbocycles. The van der Waals surface area contributed by atoms with Gasteiger partial charge in [-0.3, -0.25) is 77.1 Å². The molecule has 4 aliphatic heterocycles. The summed E-state index contributed by atoms with van der Waals surface area (Å²) in [6.07, 6.45) is 17.4. The molecular formula is C89H125FN20O14. The number of rotatable bonds is 24. The zero-order valence-corrected chi connectivity index (χ0v) is 71.2. The Hall–Kier alpha value is -11.8. The number of Topliss-reactive ketones (excluding diaryl/α,β-unsaturated/α-hetero) is 2. The summed E-state index contributed by atoms with van der Waals surface area (Å²) in [5, 5.41) is 30.1. The molecule has 11 atom stereocenters. The van der Waals surface area contributed by atoms with Crippen LogP contribution in [0.3, 0.4) is 0 Å². The molecule has 0 spiro atoms. The number of para-hydroxylation sites is 2. The molecule has 672 valence electrons. The van der Waals surface area contributed by atoms with Crippen molar-refractivity contribution < 1.29 is 71.5 Å². The van der Waals surface area contributed by atoms with E-state index in [1.807, 2.05) is 54.7 Å².